The van der Waals surface area contributed by atoms with Crippen LogP contribution in [0.3, 0.4) is 0 Å². The first-order valence-electron chi connectivity index (χ1n) is 11.6. The first-order valence-corrected chi connectivity index (χ1v) is 12.5. The van der Waals surface area contributed by atoms with Crippen molar-refractivity contribution in [3.8, 4) is 11.4 Å². The van der Waals surface area contributed by atoms with Gasteiger partial charge in [-0.05, 0) is 55.8 Å². The van der Waals surface area contributed by atoms with Crippen LogP contribution in [0, 0.1) is 5.82 Å². The second kappa shape index (κ2) is 12.2. The molecule has 3 aromatic carbocycles. The van der Waals surface area contributed by atoms with Crippen LogP contribution in [-0.2, 0) is 11.3 Å². The van der Waals surface area contributed by atoms with Crippen LogP contribution in [0.25, 0.3) is 5.69 Å². The quantitative estimate of drug-likeness (QED) is 0.173. The Hall–Kier alpha value is -4.18. The highest BCUT2D eigenvalue weighted by Crippen LogP contribution is 2.28. The summed E-state index contributed by atoms with van der Waals surface area (Å²) in [5.41, 5.74) is 5.60. The number of nitrogens with zero attached hydrogens (tertiary/aromatic N) is 4. The summed E-state index contributed by atoms with van der Waals surface area (Å²) in [6, 6.07) is 23.3. The number of aromatic nitrogens is 3. The van der Waals surface area contributed by atoms with E-state index in [1.54, 1.807) is 33.1 Å². The molecule has 10 heteroatoms. The van der Waals surface area contributed by atoms with E-state index < -0.39 is 5.25 Å². The van der Waals surface area contributed by atoms with Crippen molar-refractivity contribution in [2.75, 3.05) is 12.4 Å². The van der Waals surface area contributed by atoms with Crippen LogP contribution >= 0.6 is 11.8 Å². The third-order valence-corrected chi connectivity index (χ3v) is 6.55. The van der Waals surface area contributed by atoms with E-state index in [9.17, 15) is 9.18 Å². The maximum Gasteiger partial charge on any atom is 0.253 e. The minimum absolute atomic E-state index is 0.289. The number of methoxy groups -OCH3 is 1. The summed E-state index contributed by atoms with van der Waals surface area (Å²) in [6.07, 6.45) is 0. The molecule has 1 heterocycles. The zero-order chi connectivity index (χ0) is 26.2. The van der Waals surface area contributed by atoms with Gasteiger partial charge in [-0.1, -0.05) is 54.2 Å². The Bertz CT molecular complexity index is 1380. The van der Waals surface area contributed by atoms with Gasteiger partial charge in [0, 0.05) is 5.69 Å². The third kappa shape index (κ3) is 6.53. The van der Waals surface area contributed by atoms with Gasteiger partial charge in [0.25, 0.3) is 5.91 Å². The van der Waals surface area contributed by atoms with E-state index in [1.165, 1.54) is 23.9 Å². The largest absolute Gasteiger partial charge is 0.495 e. The maximum absolute atomic E-state index is 13.2. The highest BCUT2D eigenvalue weighted by molar-refractivity contribution is 8.00. The molecule has 37 heavy (non-hydrogen) atoms. The summed E-state index contributed by atoms with van der Waals surface area (Å²) < 4.78 is 20.5. The Balaban J connectivity index is 1.50. The number of halogens is 1. The van der Waals surface area contributed by atoms with E-state index in [0.717, 1.165) is 22.7 Å². The molecule has 0 spiro atoms. The lowest BCUT2D eigenvalue weighted by Crippen LogP contribution is -2.28. The Morgan fingerprint density at radius 1 is 1.05 bits per heavy atom. The molecular weight excluding hydrogens is 491 g/mol. The van der Waals surface area contributed by atoms with Crippen LogP contribution in [0.5, 0.6) is 5.75 Å². The number of hydrogen-bond donors (Lipinski definition) is 2. The Kier molecular flexibility index (Phi) is 8.52. The fourth-order valence-electron chi connectivity index (χ4n) is 3.49. The van der Waals surface area contributed by atoms with E-state index in [1.807, 2.05) is 59.2 Å². The highest BCUT2D eigenvalue weighted by Gasteiger charge is 2.21. The van der Waals surface area contributed by atoms with E-state index in [2.05, 4.69) is 26.0 Å². The SMILES string of the molecule is COc1ccccc1NCc1nnc(S[C@@H](C)C(=O)NN=C(C)c2ccc(F)cc2)n1-c1ccccc1. The van der Waals surface area contributed by atoms with Gasteiger partial charge < -0.3 is 10.1 Å². The lowest BCUT2D eigenvalue weighted by Gasteiger charge is -2.14. The normalized spacial score (nSPS) is 12.2. The van der Waals surface area contributed by atoms with Crippen molar-refractivity contribution in [2.24, 2.45) is 5.10 Å². The van der Waals surface area contributed by atoms with Gasteiger partial charge in [0.05, 0.1) is 30.3 Å². The molecule has 0 aliphatic carbocycles. The number of benzene rings is 3. The van der Waals surface area contributed by atoms with Gasteiger partial charge in [-0.15, -0.1) is 10.2 Å². The molecule has 4 aromatic rings. The molecule has 0 aliphatic rings. The number of thioether (sulfide) groups is 1. The Morgan fingerprint density at radius 3 is 2.49 bits per heavy atom. The molecule has 0 bridgehead atoms. The molecule has 0 radical (unpaired) electrons. The average Bonchev–Trinajstić information content (AvgIpc) is 3.33. The zero-order valence-electron chi connectivity index (χ0n) is 20.7. The second-order valence-corrected chi connectivity index (χ2v) is 9.37. The molecule has 0 saturated heterocycles. The number of rotatable bonds is 10. The van der Waals surface area contributed by atoms with E-state index in [-0.39, 0.29) is 11.7 Å². The molecule has 0 saturated carbocycles. The van der Waals surface area contributed by atoms with Crippen LogP contribution in [0.2, 0.25) is 0 Å². The van der Waals surface area contributed by atoms with Crippen molar-refractivity contribution in [3.63, 3.8) is 0 Å². The summed E-state index contributed by atoms with van der Waals surface area (Å²) in [6.45, 7) is 3.92. The van der Waals surface area contributed by atoms with Crippen molar-refractivity contribution in [2.45, 2.75) is 30.8 Å². The monoisotopic (exact) mass is 518 g/mol. The smallest absolute Gasteiger partial charge is 0.253 e. The van der Waals surface area contributed by atoms with Crippen molar-refractivity contribution < 1.29 is 13.9 Å². The number of nitrogens with one attached hydrogen (secondary N) is 2. The molecule has 190 valence electrons. The predicted octanol–water partition coefficient (Wildman–Crippen LogP) is 5.05. The number of hydrazone groups is 1. The predicted molar refractivity (Wildman–Crippen MR) is 144 cm³/mol. The van der Waals surface area contributed by atoms with Gasteiger partial charge in [0.15, 0.2) is 11.0 Å². The Labute approximate surface area is 219 Å². The summed E-state index contributed by atoms with van der Waals surface area (Å²) in [7, 11) is 1.62. The summed E-state index contributed by atoms with van der Waals surface area (Å²) in [5.74, 6) is 0.787. The number of carbonyl (C=O) groups is 1. The molecule has 1 amide bonds. The number of para-hydroxylation sites is 3. The van der Waals surface area contributed by atoms with Gasteiger partial charge in [0.2, 0.25) is 0 Å². The lowest BCUT2D eigenvalue weighted by molar-refractivity contribution is -0.120. The van der Waals surface area contributed by atoms with Crippen LogP contribution in [0.15, 0.2) is 89.1 Å². The topological polar surface area (TPSA) is 93.4 Å². The molecule has 1 aromatic heterocycles. The lowest BCUT2D eigenvalue weighted by atomic mass is 10.1. The summed E-state index contributed by atoms with van der Waals surface area (Å²) >= 11 is 1.28. The van der Waals surface area contributed by atoms with E-state index >= 15 is 0 Å². The molecule has 0 fully saturated rings. The van der Waals surface area contributed by atoms with Crippen molar-refractivity contribution in [3.05, 3.63) is 96.1 Å². The average molecular weight is 519 g/mol. The molecular formula is C27H27FN6O2S. The van der Waals surface area contributed by atoms with Gasteiger partial charge in [-0.3, -0.25) is 9.36 Å². The standard InChI is InChI=1S/C27H27FN6O2S/c1-18(20-13-15-21(28)16-14-20)30-32-26(35)19(2)37-27-33-31-25(34(27)22-9-5-4-6-10-22)17-29-23-11-7-8-12-24(23)36-3/h4-16,19,29H,17H2,1-3H3,(H,32,35)/t19-/m0/s1. The van der Waals surface area contributed by atoms with E-state index in [4.69, 9.17) is 4.74 Å². The van der Waals surface area contributed by atoms with Gasteiger partial charge in [-0.25, -0.2) is 9.82 Å². The molecule has 0 unspecified atom stereocenters. The van der Waals surface area contributed by atoms with Crippen LogP contribution in [0.4, 0.5) is 10.1 Å². The summed E-state index contributed by atoms with van der Waals surface area (Å²) in [5, 5.41) is 16.4. The molecule has 2 N–H and O–H groups in total. The third-order valence-electron chi connectivity index (χ3n) is 5.51. The Morgan fingerprint density at radius 2 is 1.76 bits per heavy atom. The first kappa shape index (κ1) is 25.9. The number of hydrogen-bond acceptors (Lipinski definition) is 7. The fraction of sp³-hybridized carbons (Fsp3) is 0.185. The minimum Gasteiger partial charge on any atom is -0.495 e. The molecule has 4 rings (SSSR count). The van der Waals surface area contributed by atoms with Crippen LogP contribution < -0.4 is 15.5 Å². The number of ether oxygens (including phenoxy) is 1. The van der Waals surface area contributed by atoms with Crippen LogP contribution in [-0.4, -0.2) is 38.7 Å². The maximum atomic E-state index is 13.2. The number of anilines is 1. The van der Waals surface area contributed by atoms with Crippen LogP contribution in [0.1, 0.15) is 25.2 Å². The minimum atomic E-state index is -0.508. The number of amides is 1. The molecule has 0 aliphatic heterocycles. The molecule has 1 atom stereocenters. The molecule has 8 nitrogen and oxygen atoms in total. The first-order chi connectivity index (χ1) is 18.0. The van der Waals surface area contributed by atoms with Crippen molar-refractivity contribution in [1.82, 2.24) is 20.2 Å². The van der Waals surface area contributed by atoms with Crippen molar-refractivity contribution >= 4 is 29.1 Å². The van der Waals surface area contributed by atoms with Crippen molar-refractivity contribution in [1.29, 1.82) is 0 Å². The number of carbonyl (C=O) groups excluding carboxylic acids is 1. The van der Waals surface area contributed by atoms with Gasteiger partial charge in [-0.2, -0.15) is 5.10 Å². The fourth-order valence-corrected chi connectivity index (χ4v) is 4.37. The zero-order valence-corrected chi connectivity index (χ0v) is 21.5. The van der Waals surface area contributed by atoms with Gasteiger partial charge in [0.1, 0.15) is 11.6 Å². The summed E-state index contributed by atoms with van der Waals surface area (Å²) in [4.78, 5) is 12.8. The highest BCUT2D eigenvalue weighted by atomic mass is 32.2. The van der Waals surface area contributed by atoms with Gasteiger partial charge >= 0.3 is 0 Å². The van der Waals surface area contributed by atoms with E-state index in [0.29, 0.717) is 23.2 Å². The second-order valence-electron chi connectivity index (χ2n) is 8.06.